The summed E-state index contributed by atoms with van der Waals surface area (Å²) in [4.78, 5) is 25.0. The number of methoxy groups -OCH3 is 1. The lowest BCUT2D eigenvalue weighted by Crippen LogP contribution is -2.26. The van der Waals surface area contributed by atoms with E-state index in [0.717, 1.165) is 16.9 Å². The number of carbonyl (C=O) groups is 1. The van der Waals surface area contributed by atoms with E-state index in [-0.39, 0.29) is 12.0 Å². The SMILES string of the molecule is COc1ccc(-c2cc(=O)c3cc(OC(C)C(=O)OCc4ccccc4)ccc3o2)cc1. The molecule has 4 rings (SSSR count). The Labute approximate surface area is 185 Å². The summed E-state index contributed by atoms with van der Waals surface area (Å²) in [7, 11) is 1.59. The van der Waals surface area contributed by atoms with Gasteiger partial charge in [0, 0.05) is 11.6 Å². The highest BCUT2D eigenvalue weighted by molar-refractivity contribution is 5.80. The lowest BCUT2D eigenvalue weighted by molar-refractivity contribution is -0.152. The Morgan fingerprint density at radius 3 is 2.38 bits per heavy atom. The van der Waals surface area contributed by atoms with E-state index in [9.17, 15) is 9.59 Å². The summed E-state index contributed by atoms with van der Waals surface area (Å²) in [5, 5.41) is 0.365. The van der Waals surface area contributed by atoms with Gasteiger partial charge in [-0.05, 0) is 55.0 Å². The first kappa shape index (κ1) is 21.2. The van der Waals surface area contributed by atoms with Gasteiger partial charge in [0.2, 0.25) is 0 Å². The molecule has 0 fully saturated rings. The summed E-state index contributed by atoms with van der Waals surface area (Å²) in [6.45, 7) is 1.77. The van der Waals surface area contributed by atoms with Gasteiger partial charge in [-0.15, -0.1) is 0 Å². The van der Waals surface area contributed by atoms with E-state index in [2.05, 4.69) is 0 Å². The third-order valence-electron chi connectivity index (χ3n) is 4.94. The van der Waals surface area contributed by atoms with Crippen molar-refractivity contribution in [3.05, 3.63) is 94.6 Å². The number of hydrogen-bond donors (Lipinski definition) is 0. The van der Waals surface area contributed by atoms with E-state index >= 15 is 0 Å². The Balaban J connectivity index is 1.48. The quantitative estimate of drug-likeness (QED) is 0.385. The predicted molar refractivity (Wildman–Crippen MR) is 121 cm³/mol. The smallest absolute Gasteiger partial charge is 0.347 e. The van der Waals surface area contributed by atoms with Crippen molar-refractivity contribution in [2.45, 2.75) is 19.6 Å². The van der Waals surface area contributed by atoms with Gasteiger partial charge in [-0.25, -0.2) is 4.79 Å². The van der Waals surface area contributed by atoms with Crippen LogP contribution in [0.5, 0.6) is 11.5 Å². The van der Waals surface area contributed by atoms with Gasteiger partial charge >= 0.3 is 5.97 Å². The summed E-state index contributed by atoms with van der Waals surface area (Å²) < 4.78 is 22.1. The van der Waals surface area contributed by atoms with Crippen LogP contribution >= 0.6 is 0 Å². The number of ether oxygens (including phenoxy) is 3. The first-order valence-electron chi connectivity index (χ1n) is 10.1. The van der Waals surface area contributed by atoms with Gasteiger partial charge in [-0.2, -0.15) is 0 Å². The molecule has 1 unspecified atom stereocenters. The Bertz CT molecular complexity index is 1280. The topological polar surface area (TPSA) is 75.0 Å². The van der Waals surface area contributed by atoms with Crippen molar-refractivity contribution in [2.75, 3.05) is 7.11 Å². The Morgan fingerprint density at radius 2 is 1.66 bits per heavy atom. The van der Waals surface area contributed by atoms with Crippen LogP contribution in [-0.2, 0) is 16.1 Å². The van der Waals surface area contributed by atoms with Crippen LogP contribution in [0.15, 0.2) is 88.1 Å². The van der Waals surface area contributed by atoms with Crippen LogP contribution in [0.25, 0.3) is 22.3 Å². The molecule has 0 saturated carbocycles. The summed E-state index contributed by atoms with van der Waals surface area (Å²) in [6.07, 6.45) is -0.832. The molecule has 1 heterocycles. The number of rotatable bonds is 7. The third-order valence-corrected chi connectivity index (χ3v) is 4.94. The first-order chi connectivity index (χ1) is 15.5. The minimum Gasteiger partial charge on any atom is -0.497 e. The number of carbonyl (C=O) groups excluding carboxylic acids is 1. The highest BCUT2D eigenvalue weighted by Gasteiger charge is 2.17. The van der Waals surface area contributed by atoms with Crippen molar-refractivity contribution < 1.29 is 23.4 Å². The molecule has 32 heavy (non-hydrogen) atoms. The van der Waals surface area contributed by atoms with Crippen LogP contribution in [0.4, 0.5) is 0 Å². The van der Waals surface area contributed by atoms with Gasteiger partial charge < -0.3 is 18.6 Å². The molecule has 6 heteroatoms. The average Bonchev–Trinajstić information content (AvgIpc) is 2.83. The zero-order valence-electron chi connectivity index (χ0n) is 17.7. The number of hydrogen-bond acceptors (Lipinski definition) is 6. The van der Waals surface area contributed by atoms with Crippen molar-refractivity contribution in [2.24, 2.45) is 0 Å². The third kappa shape index (κ3) is 4.81. The number of fused-ring (bicyclic) bond motifs is 1. The van der Waals surface area contributed by atoms with Crippen molar-refractivity contribution in [1.82, 2.24) is 0 Å². The molecular formula is C26H22O6. The molecule has 1 atom stereocenters. The van der Waals surface area contributed by atoms with E-state index in [1.54, 1.807) is 44.4 Å². The van der Waals surface area contributed by atoms with E-state index in [1.165, 1.54) is 6.07 Å². The van der Waals surface area contributed by atoms with Crippen molar-refractivity contribution in [3.8, 4) is 22.8 Å². The lowest BCUT2D eigenvalue weighted by Gasteiger charge is -2.14. The van der Waals surface area contributed by atoms with Crippen LogP contribution in [0, 0.1) is 0 Å². The molecule has 3 aromatic carbocycles. The summed E-state index contributed by atoms with van der Waals surface area (Å²) in [5.74, 6) is 1.06. The zero-order chi connectivity index (χ0) is 22.5. The fourth-order valence-corrected chi connectivity index (χ4v) is 3.20. The first-order valence-corrected chi connectivity index (χ1v) is 10.1. The second-order valence-corrected chi connectivity index (χ2v) is 7.21. The van der Waals surface area contributed by atoms with Crippen LogP contribution in [0.3, 0.4) is 0 Å². The molecule has 0 aliphatic carbocycles. The van der Waals surface area contributed by atoms with Gasteiger partial charge in [0.25, 0.3) is 0 Å². The lowest BCUT2D eigenvalue weighted by atomic mass is 10.1. The molecule has 0 N–H and O–H groups in total. The van der Waals surface area contributed by atoms with Gasteiger partial charge in [-0.3, -0.25) is 4.79 Å². The maximum atomic E-state index is 12.7. The molecule has 0 aliphatic heterocycles. The Hall–Kier alpha value is -4.06. The summed E-state index contributed by atoms with van der Waals surface area (Å²) in [5.41, 5.74) is 1.88. The molecule has 0 aliphatic rings. The van der Waals surface area contributed by atoms with Crippen LogP contribution < -0.4 is 14.9 Å². The van der Waals surface area contributed by atoms with Crippen molar-refractivity contribution >= 4 is 16.9 Å². The van der Waals surface area contributed by atoms with Gasteiger partial charge in [0.1, 0.15) is 29.4 Å². The van der Waals surface area contributed by atoms with Crippen LogP contribution in [0.1, 0.15) is 12.5 Å². The molecule has 0 spiro atoms. The average molecular weight is 430 g/mol. The number of benzene rings is 3. The summed E-state index contributed by atoms with van der Waals surface area (Å²) >= 11 is 0. The molecule has 0 radical (unpaired) electrons. The van der Waals surface area contributed by atoms with Crippen molar-refractivity contribution in [3.63, 3.8) is 0 Å². The second kappa shape index (κ2) is 9.39. The monoisotopic (exact) mass is 430 g/mol. The van der Waals surface area contributed by atoms with Gasteiger partial charge in [-0.1, -0.05) is 30.3 Å². The maximum Gasteiger partial charge on any atom is 0.347 e. The molecular weight excluding hydrogens is 408 g/mol. The fourth-order valence-electron chi connectivity index (χ4n) is 3.20. The molecule has 6 nitrogen and oxygen atoms in total. The largest absolute Gasteiger partial charge is 0.497 e. The molecule has 0 bridgehead atoms. The van der Waals surface area contributed by atoms with Crippen molar-refractivity contribution in [1.29, 1.82) is 0 Å². The van der Waals surface area contributed by atoms with Crippen LogP contribution in [0.2, 0.25) is 0 Å². The minimum atomic E-state index is -0.832. The van der Waals surface area contributed by atoms with E-state index in [1.807, 2.05) is 42.5 Å². The van der Waals surface area contributed by atoms with E-state index in [4.69, 9.17) is 18.6 Å². The summed E-state index contributed by atoms with van der Waals surface area (Å²) in [6, 6.07) is 23.0. The minimum absolute atomic E-state index is 0.169. The van der Waals surface area contributed by atoms with Gasteiger partial charge in [0.15, 0.2) is 11.5 Å². The Morgan fingerprint density at radius 1 is 0.938 bits per heavy atom. The normalized spacial score (nSPS) is 11.7. The zero-order valence-corrected chi connectivity index (χ0v) is 17.7. The van der Waals surface area contributed by atoms with E-state index < -0.39 is 12.1 Å². The van der Waals surface area contributed by atoms with Gasteiger partial charge in [0.05, 0.1) is 12.5 Å². The molecule has 162 valence electrons. The maximum absolute atomic E-state index is 12.7. The van der Waals surface area contributed by atoms with Crippen LogP contribution in [-0.4, -0.2) is 19.2 Å². The molecule has 1 aromatic heterocycles. The highest BCUT2D eigenvalue weighted by Crippen LogP contribution is 2.26. The fraction of sp³-hybridized carbons (Fsp3) is 0.154. The highest BCUT2D eigenvalue weighted by atomic mass is 16.6. The number of esters is 1. The predicted octanol–water partition coefficient (Wildman–Crippen LogP) is 4.98. The molecule has 4 aromatic rings. The molecule has 0 saturated heterocycles. The standard InChI is InChI=1S/C26H22O6/c1-17(26(28)30-16-18-6-4-3-5-7-18)31-21-12-13-24-22(14-21)23(27)15-25(32-24)19-8-10-20(29-2)11-9-19/h3-15,17H,16H2,1-2H3. The second-order valence-electron chi connectivity index (χ2n) is 7.21. The Kier molecular flexibility index (Phi) is 6.22. The van der Waals surface area contributed by atoms with E-state index in [0.29, 0.717) is 22.5 Å². The molecule has 0 amide bonds.